The summed E-state index contributed by atoms with van der Waals surface area (Å²) in [6.07, 6.45) is 0. The van der Waals surface area contributed by atoms with Crippen molar-refractivity contribution < 1.29 is 18.1 Å². The van der Waals surface area contributed by atoms with Gasteiger partial charge in [0.05, 0.1) is 22.5 Å². The van der Waals surface area contributed by atoms with Crippen LogP contribution in [-0.4, -0.2) is 57.0 Å². The molecule has 9 heteroatoms. The number of methoxy groups -OCH3 is 1. The number of benzene rings is 2. The molecule has 1 unspecified atom stereocenters. The number of non-ortho nitro benzene ring substituents is 1. The Bertz CT molecular complexity index is 1010. The van der Waals surface area contributed by atoms with E-state index >= 15 is 0 Å². The van der Waals surface area contributed by atoms with Crippen LogP contribution in [0.4, 0.5) is 11.4 Å². The summed E-state index contributed by atoms with van der Waals surface area (Å²) in [5.74, 6) is 0. The number of rotatable bonds is 6. The summed E-state index contributed by atoms with van der Waals surface area (Å²) in [6.45, 7) is 7.73. The molecule has 0 N–H and O–H groups in total. The predicted octanol–water partition coefficient (Wildman–Crippen LogP) is 3.42. The Morgan fingerprint density at radius 3 is 2.19 bits per heavy atom. The highest BCUT2D eigenvalue weighted by Gasteiger charge is 2.36. The molecule has 1 fully saturated rings. The smallest absolute Gasteiger partial charge is 0.269 e. The number of nitro groups is 1. The molecule has 0 saturated carbocycles. The Hall–Kier alpha value is -2.49. The first-order chi connectivity index (χ1) is 14.5. The Balaban J connectivity index is 1.82. The number of hydrogen-bond donors (Lipinski definition) is 0. The van der Waals surface area contributed by atoms with Crippen LogP contribution in [0.3, 0.4) is 0 Å². The first-order valence-corrected chi connectivity index (χ1v) is 11.6. The van der Waals surface area contributed by atoms with Crippen molar-refractivity contribution in [2.75, 3.05) is 38.3 Å². The van der Waals surface area contributed by atoms with Gasteiger partial charge in [-0.25, -0.2) is 8.42 Å². The van der Waals surface area contributed by atoms with Crippen LogP contribution in [0.15, 0.2) is 53.4 Å². The molecule has 0 aliphatic carbocycles. The number of hydrogen-bond acceptors (Lipinski definition) is 6. The van der Waals surface area contributed by atoms with Gasteiger partial charge in [-0.2, -0.15) is 4.31 Å². The Labute approximate surface area is 183 Å². The molecule has 1 atom stereocenters. The van der Waals surface area contributed by atoms with Crippen molar-refractivity contribution in [2.24, 2.45) is 0 Å². The van der Waals surface area contributed by atoms with E-state index in [1.807, 2.05) is 17.0 Å². The van der Waals surface area contributed by atoms with Crippen LogP contribution in [-0.2, 0) is 20.2 Å². The summed E-state index contributed by atoms with van der Waals surface area (Å²) in [7, 11) is -2.13. The number of ether oxygens (including phenoxy) is 1. The molecule has 0 spiro atoms. The van der Waals surface area contributed by atoms with Crippen LogP contribution in [0.25, 0.3) is 0 Å². The van der Waals surface area contributed by atoms with Gasteiger partial charge in [0.15, 0.2) is 0 Å². The average molecular weight is 448 g/mol. The van der Waals surface area contributed by atoms with Crippen LogP contribution < -0.4 is 4.90 Å². The zero-order valence-corrected chi connectivity index (χ0v) is 19.1. The van der Waals surface area contributed by atoms with Gasteiger partial charge in [-0.15, -0.1) is 0 Å². The van der Waals surface area contributed by atoms with Crippen LogP contribution in [0, 0.1) is 10.1 Å². The van der Waals surface area contributed by atoms with E-state index in [1.54, 1.807) is 31.4 Å². The van der Waals surface area contributed by atoms with Gasteiger partial charge in [0.1, 0.15) is 0 Å². The summed E-state index contributed by atoms with van der Waals surface area (Å²) < 4.78 is 33.6. The number of anilines is 1. The molecule has 3 rings (SSSR count). The first-order valence-electron chi connectivity index (χ1n) is 10.1. The van der Waals surface area contributed by atoms with Gasteiger partial charge in [-0.05, 0) is 35.2 Å². The summed E-state index contributed by atoms with van der Waals surface area (Å²) >= 11 is 0. The summed E-state index contributed by atoms with van der Waals surface area (Å²) in [5, 5.41) is 10.9. The Morgan fingerprint density at radius 1 is 1.06 bits per heavy atom. The minimum absolute atomic E-state index is 0.0251. The zero-order valence-electron chi connectivity index (χ0n) is 18.3. The van der Waals surface area contributed by atoms with Crippen molar-refractivity contribution in [3.63, 3.8) is 0 Å². The van der Waals surface area contributed by atoms with Crippen molar-refractivity contribution in [1.82, 2.24) is 4.31 Å². The molecule has 0 amide bonds. The van der Waals surface area contributed by atoms with Crippen molar-refractivity contribution in [3.05, 3.63) is 64.2 Å². The molecule has 0 aromatic heterocycles. The van der Waals surface area contributed by atoms with E-state index in [2.05, 4.69) is 20.8 Å². The maximum atomic E-state index is 13.4. The number of piperazine rings is 1. The third-order valence-electron chi connectivity index (χ3n) is 5.54. The molecule has 8 nitrogen and oxygen atoms in total. The largest absolute Gasteiger partial charge is 0.383 e. The molecule has 31 heavy (non-hydrogen) atoms. The molecule has 0 bridgehead atoms. The second kappa shape index (κ2) is 8.94. The molecular weight excluding hydrogens is 418 g/mol. The fourth-order valence-corrected chi connectivity index (χ4v) is 5.36. The zero-order chi connectivity index (χ0) is 22.8. The minimum Gasteiger partial charge on any atom is -0.383 e. The standard InChI is InChI=1S/C22H29N3O5S/c1-22(2,3)17-5-11-21(12-6-17)31(28,29)24-14-13-23(15-20(24)16-30-4)18-7-9-19(10-8-18)25(26)27/h5-12,20H,13-16H2,1-4H3. The fraction of sp³-hybridized carbons (Fsp3) is 0.455. The van der Waals surface area contributed by atoms with E-state index in [4.69, 9.17) is 4.74 Å². The number of nitro benzene ring substituents is 1. The molecule has 1 saturated heterocycles. The van der Waals surface area contributed by atoms with E-state index < -0.39 is 14.9 Å². The van der Waals surface area contributed by atoms with E-state index in [9.17, 15) is 18.5 Å². The average Bonchev–Trinajstić information content (AvgIpc) is 2.73. The van der Waals surface area contributed by atoms with Gasteiger partial charge >= 0.3 is 0 Å². The highest BCUT2D eigenvalue weighted by atomic mass is 32.2. The summed E-state index contributed by atoms with van der Waals surface area (Å²) in [6, 6.07) is 13.0. The number of nitrogens with zero attached hydrogens (tertiary/aromatic N) is 3. The van der Waals surface area contributed by atoms with Crippen LogP contribution >= 0.6 is 0 Å². The predicted molar refractivity (Wildman–Crippen MR) is 120 cm³/mol. The second-order valence-electron chi connectivity index (χ2n) is 8.72. The monoisotopic (exact) mass is 447 g/mol. The lowest BCUT2D eigenvalue weighted by molar-refractivity contribution is -0.384. The van der Waals surface area contributed by atoms with E-state index in [0.29, 0.717) is 19.6 Å². The van der Waals surface area contributed by atoms with Crippen molar-refractivity contribution in [1.29, 1.82) is 0 Å². The molecule has 2 aromatic carbocycles. The lowest BCUT2D eigenvalue weighted by Crippen LogP contribution is -2.56. The van der Waals surface area contributed by atoms with Crippen LogP contribution in [0.5, 0.6) is 0 Å². The van der Waals surface area contributed by atoms with Gasteiger partial charge in [0, 0.05) is 44.6 Å². The normalized spacial score (nSPS) is 18.2. The molecule has 1 aliphatic rings. The quantitative estimate of drug-likeness (QED) is 0.498. The Morgan fingerprint density at radius 2 is 1.68 bits per heavy atom. The first kappa shape index (κ1) is 23.2. The highest BCUT2D eigenvalue weighted by Crippen LogP contribution is 2.28. The van der Waals surface area contributed by atoms with Gasteiger partial charge in [0.2, 0.25) is 10.0 Å². The SMILES string of the molecule is COCC1CN(c2ccc([N+](=O)[O-])cc2)CCN1S(=O)(=O)c1ccc(C(C)(C)C)cc1. The topological polar surface area (TPSA) is 93.0 Å². The van der Waals surface area contributed by atoms with Crippen LogP contribution in [0.2, 0.25) is 0 Å². The molecule has 0 radical (unpaired) electrons. The summed E-state index contributed by atoms with van der Waals surface area (Å²) in [4.78, 5) is 12.8. The molecule has 1 aliphatic heterocycles. The van der Waals surface area contributed by atoms with E-state index in [-0.39, 0.29) is 28.6 Å². The van der Waals surface area contributed by atoms with Crippen molar-refractivity contribution in [2.45, 2.75) is 37.1 Å². The third kappa shape index (κ3) is 5.06. The molecule has 2 aromatic rings. The van der Waals surface area contributed by atoms with E-state index in [1.165, 1.54) is 16.4 Å². The number of sulfonamides is 1. The maximum absolute atomic E-state index is 13.4. The Kier molecular flexibility index (Phi) is 6.68. The van der Waals surface area contributed by atoms with Gasteiger partial charge in [-0.1, -0.05) is 32.9 Å². The maximum Gasteiger partial charge on any atom is 0.269 e. The molecular formula is C22H29N3O5S. The van der Waals surface area contributed by atoms with Crippen molar-refractivity contribution >= 4 is 21.4 Å². The lowest BCUT2D eigenvalue weighted by Gasteiger charge is -2.41. The van der Waals surface area contributed by atoms with Gasteiger partial charge in [-0.3, -0.25) is 10.1 Å². The fourth-order valence-electron chi connectivity index (χ4n) is 3.77. The van der Waals surface area contributed by atoms with Gasteiger partial charge < -0.3 is 9.64 Å². The van der Waals surface area contributed by atoms with Crippen molar-refractivity contribution in [3.8, 4) is 0 Å². The summed E-state index contributed by atoms with van der Waals surface area (Å²) in [5.41, 5.74) is 1.86. The van der Waals surface area contributed by atoms with Crippen LogP contribution in [0.1, 0.15) is 26.3 Å². The van der Waals surface area contributed by atoms with E-state index in [0.717, 1.165) is 11.3 Å². The van der Waals surface area contributed by atoms with Gasteiger partial charge in [0.25, 0.3) is 5.69 Å². The second-order valence-corrected chi connectivity index (χ2v) is 10.6. The third-order valence-corrected chi connectivity index (χ3v) is 7.51. The highest BCUT2D eigenvalue weighted by molar-refractivity contribution is 7.89. The molecule has 168 valence electrons. The minimum atomic E-state index is -3.68. The molecule has 1 heterocycles. The lowest BCUT2D eigenvalue weighted by atomic mass is 9.87.